The standard InChI is InChI=1S/C24H31N3O3/c1-18-5-6-22(28)21(12-18)23(29)27-10-7-24(8-11-27)13-20(30-17-24)16-26(2)15-19-4-3-9-25-14-19/h3-6,9,12,14,20,28H,7-8,10-11,13,15-17H2,1-2H3/t20-/m1/s1. The number of carbonyl (C=O) groups excluding carboxylic acids is 1. The summed E-state index contributed by atoms with van der Waals surface area (Å²) in [5.74, 6) is -0.00970. The zero-order valence-corrected chi connectivity index (χ0v) is 17.9. The Kier molecular flexibility index (Phi) is 6.06. The highest BCUT2D eigenvalue weighted by atomic mass is 16.5. The lowest BCUT2D eigenvalue weighted by Crippen LogP contribution is -2.43. The number of likely N-dealkylation sites (tertiary alicyclic amines) is 1. The number of phenols is 1. The van der Waals surface area contributed by atoms with Crippen molar-refractivity contribution < 1.29 is 14.6 Å². The van der Waals surface area contributed by atoms with E-state index in [1.165, 1.54) is 5.56 Å². The van der Waals surface area contributed by atoms with E-state index in [1.807, 2.05) is 30.2 Å². The van der Waals surface area contributed by atoms with Crippen LogP contribution in [-0.4, -0.2) is 65.2 Å². The zero-order valence-electron chi connectivity index (χ0n) is 17.9. The molecule has 0 aliphatic carbocycles. The number of pyridine rings is 1. The number of aryl methyl sites for hydroxylation is 1. The number of carbonyl (C=O) groups is 1. The molecule has 0 radical (unpaired) electrons. The van der Waals surface area contributed by atoms with Crippen LogP contribution in [0.15, 0.2) is 42.7 Å². The number of amides is 1. The minimum atomic E-state index is -0.0716. The van der Waals surface area contributed by atoms with Gasteiger partial charge < -0.3 is 14.7 Å². The summed E-state index contributed by atoms with van der Waals surface area (Å²) in [6.07, 6.45) is 6.89. The van der Waals surface area contributed by atoms with Gasteiger partial charge in [-0.2, -0.15) is 0 Å². The second kappa shape index (κ2) is 8.74. The first-order valence-corrected chi connectivity index (χ1v) is 10.7. The van der Waals surface area contributed by atoms with Gasteiger partial charge in [0.15, 0.2) is 0 Å². The van der Waals surface area contributed by atoms with Gasteiger partial charge in [-0.15, -0.1) is 0 Å². The molecule has 1 spiro atoms. The van der Waals surface area contributed by atoms with Gasteiger partial charge >= 0.3 is 0 Å². The SMILES string of the molecule is Cc1ccc(O)c(C(=O)N2CCC3(CC2)CO[C@@H](CN(C)Cc2cccnc2)C3)c1. The Bertz CT molecular complexity index is 879. The van der Waals surface area contributed by atoms with Crippen molar-refractivity contribution in [2.45, 2.75) is 38.8 Å². The fourth-order valence-corrected chi connectivity index (χ4v) is 4.75. The molecule has 0 saturated carbocycles. The summed E-state index contributed by atoms with van der Waals surface area (Å²) in [6.45, 7) is 5.90. The number of ether oxygens (including phenoxy) is 1. The number of rotatable bonds is 5. The number of likely N-dealkylation sites (N-methyl/N-ethyl adjacent to an activating group) is 1. The van der Waals surface area contributed by atoms with Crippen LogP contribution in [0.25, 0.3) is 0 Å². The molecule has 0 unspecified atom stereocenters. The molecule has 2 aromatic rings. The molecule has 6 heteroatoms. The lowest BCUT2D eigenvalue weighted by molar-refractivity contribution is 0.0455. The Morgan fingerprint density at radius 1 is 1.33 bits per heavy atom. The summed E-state index contributed by atoms with van der Waals surface area (Å²) in [5, 5.41) is 10.1. The van der Waals surface area contributed by atoms with Gasteiger partial charge in [0.05, 0.1) is 18.3 Å². The lowest BCUT2D eigenvalue weighted by atomic mass is 9.76. The number of aromatic hydroxyl groups is 1. The smallest absolute Gasteiger partial charge is 0.257 e. The van der Waals surface area contributed by atoms with Gasteiger partial charge in [-0.1, -0.05) is 17.7 Å². The second-order valence-electron chi connectivity index (χ2n) is 9.01. The van der Waals surface area contributed by atoms with Crippen LogP contribution in [0.1, 0.15) is 40.7 Å². The molecule has 1 N–H and O–H groups in total. The van der Waals surface area contributed by atoms with Crippen molar-refractivity contribution in [3.05, 3.63) is 59.4 Å². The van der Waals surface area contributed by atoms with Crippen LogP contribution in [0.3, 0.4) is 0 Å². The maximum Gasteiger partial charge on any atom is 0.257 e. The van der Waals surface area contributed by atoms with Crippen molar-refractivity contribution in [2.75, 3.05) is 33.3 Å². The number of nitrogens with zero attached hydrogens (tertiary/aromatic N) is 3. The van der Waals surface area contributed by atoms with Crippen LogP contribution in [0, 0.1) is 12.3 Å². The summed E-state index contributed by atoms with van der Waals surface area (Å²) in [7, 11) is 2.12. The first-order valence-electron chi connectivity index (χ1n) is 10.7. The van der Waals surface area contributed by atoms with E-state index < -0.39 is 0 Å². The Labute approximate surface area is 178 Å². The van der Waals surface area contributed by atoms with Crippen LogP contribution in [-0.2, 0) is 11.3 Å². The first-order chi connectivity index (χ1) is 14.4. The predicted molar refractivity (Wildman–Crippen MR) is 115 cm³/mol. The van der Waals surface area contributed by atoms with E-state index in [0.29, 0.717) is 18.7 Å². The quantitative estimate of drug-likeness (QED) is 0.821. The van der Waals surface area contributed by atoms with E-state index in [2.05, 4.69) is 23.0 Å². The zero-order chi connectivity index (χ0) is 21.1. The average Bonchev–Trinajstić information content (AvgIpc) is 3.12. The fraction of sp³-hybridized carbons (Fsp3) is 0.500. The number of piperidine rings is 1. The molecule has 1 aromatic heterocycles. The first kappa shape index (κ1) is 20.8. The van der Waals surface area contributed by atoms with Gasteiger partial charge in [0.25, 0.3) is 5.91 Å². The molecule has 2 aliphatic heterocycles. The minimum absolute atomic E-state index is 0.0619. The Morgan fingerprint density at radius 2 is 2.13 bits per heavy atom. The van der Waals surface area contributed by atoms with Gasteiger partial charge in [-0.3, -0.25) is 14.7 Å². The Hall–Kier alpha value is -2.44. The van der Waals surface area contributed by atoms with E-state index in [-0.39, 0.29) is 23.2 Å². The van der Waals surface area contributed by atoms with E-state index in [4.69, 9.17) is 4.74 Å². The summed E-state index contributed by atoms with van der Waals surface area (Å²) >= 11 is 0. The molecule has 1 aromatic carbocycles. The molecular weight excluding hydrogens is 378 g/mol. The molecule has 2 saturated heterocycles. The molecule has 160 valence electrons. The fourth-order valence-electron chi connectivity index (χ4n) is 4.75. The average molecular weight is 410 g/mol. The van der Waals surface area contributed by atoms with Gasteiger partial charge in [-0.05, 0) is 62.4 Å². The number of hydrogen-bond acceptors (Lipinski definition) is 5. The van der Waals surface area contributed by atoms with Gasteiger partial charge in [0, 0.05) is 38.6 Å². The summed E-state index contributed by atoms with van der Waals surface area (Å²) in [4.78, 5) is 21.2. The summed E-state index contributed by atoms with van der Waals surface area (Å²) < 4.78 is 6.17. The van der Waals surface area contributed by atoms with Crippen molar-refractivity contribution in [2.24, 2.45) is 5.41 Å². The molecule has 2 aliphatic rings. The Balaban J connectivity index is 1.29. The van der Waals surface area contributed by atoms with Gasteiger partial charge in [0.1, 0.15) is 5.75 Å². The monoisotopic (exact) mass is 409 g/mol. The molecular formula is C24H31N3O3. The van der Waals surface area contributed by atoms with Gasteiger partial charge in [-0.25, -0.2) is 0 Å². The third-order valence-corrected chi connectivity index (χ3v) is 6.47. The summed E-state index contributed by atoms with van der Waals surface area (Å²) in [6, 6.07) is 9.26. The minimum Gasteiger partial charge on any atom is -0.507 e. The highest BCUT2D eigenvalue weighted by Gasteiger charge is 2.43. The molecule has 30 heavy (non-hydrogen) atoms. The maximum atomic E-state index is 12.9. The van der Waals surface area contributed by atoms with E-state index >= 15 is 0 Å². The van der Waals surface area contributed by atoms with Crippen LogP contribution in [0.2, 0.25) is 0 Å². The second-order valence-corrected chi connectivity index (χ2v) is 9.01. The largest absolute Gasteiger partial charge is 0.507 e. The normalized spacial score (nSPS) is 20.8. The Morgan fingerprint density at radius 3 is 2.87 bits per heavy atom. The predicted octanol–water partition coefficient (Wildman–Crippen LogP) is 3.24. The van der Waals surface area contributed by atoms with Crippen LogP contribution in [0.5, 0.6) is 5.75 Å². The van der Waals surface area contributed by atoms with Crippen LogP contribution in [0.4, 0.5) is 0 Å². The van der Waals surface area contributed by atoms with E-state index in [9.17, 15) is 9.90 Å². The number of aromatic nitrogens is 1. The summed E-state index contributed by atoms with van der Waals surface area (Å²) in [5.41, 5.74) is 2.76. The molecule has 6 nitrogen and oxygen atoms in total. The number of phenolic OH excluding ortho intramolecular Hbond substituents is 1. The van der Waals surface area contributed by atoms with Crippen LogP contribution >= 0.6 is 0 Å². The molecule has 0 bridgehead atoms. The molecule has 1 amide bonds. The third kappa shape index (κ3) is 4.65. The molecule has 4 rings (SSSR count). The third-order valence-electron chi connectivity index (χ3n) is 6.47. The van der Waals surface area contributed by atoms with Crippen molar-refractivity contribution >= 4 is 5.91 Å². The van der Waals surface area contributed by atoms with Gasteiger partial charge in [0.2, 0.25) is 0 Å². The highest BCUT2D eigenvalue weighted by molar-refractivity contribution is 5.97. The van der Waals surface area contributed by atoms with Crippen molar-refractivity contribution in [3.63, 3.8) is 0 Å². The number of benzene rings is 1. The number of hydrogen-bond donors (Lipinski definition) is 1. The van der Waals surface area contributed by atoms with Crippen molar-refractivity contribution in [3.8, 4) is 5.75 Å². The highest BCUT2D eigenvalue weighted by Crippen LogP contribution is 2.42. The maximum absolute atomic E-state index is 12.9. The van der Waals surface area contributed by atoms with Crippen molar-refractivity contribution in [1.29, 1.82) is 0 Å². The van der Waals surface area contributed by atoms with Crippen molar-refractivity contribution in [1.82, 2.24) is 14.8 Å². The molecule has 2 fully saturated rings. The van der Waals surface area contributed by atoms with Crippen LogP contribution < -0.4 is 0 Å². The molecule has 1 atom stereocenters. The molecule has 3 heterocycles. The van der Waals surface area contributed by atoms with E-state index in [1.54, 1.807) is 18.3 Å². The topological polar surface area (TPSA) is 65.9 Å². The van der Waals surface area contributed by atoms with E-state index in [0.717, 1.165) is 44.5 Å². The lowest BCUT2D eigenvalue weighted by Gasteiger charge is -2.38.